The number of fused-ring (bicyclic) bond motifs is 1. The van der Waals surface area contributed by atoms with E-state index in [0.29, 0.717) is 4.77 Å². The van der Waals surface area contributed by atoms with Crippen molar-refractivity contribution < 1.29 is 0 Å². The normalized spacial score (nSPS) is 15.3. The largest absolute Gasteiger partial charge is 0.334 e. The van der Waals surface area contributed by atoms with E-state index < -0.39 is 0 Å². The summed E-state index contributed by atoms with van der Waals surface area (Å²) in [5.41, 5.74) is 3.43. The predicted octanol–water partition coefficient (Wildman–Crippen LogP) is 1.49. The van der Waals surface area contributed by atoms with Gasteiger partial charge in [-0.25, -0.2) is 4.98 Å². The van der Waals surface area contributed by atoms with Gasteiger partial charge in [-0.3, -0.25) is 14.9 Å². The van der Waals surface area contributed by atoms with Crippen LogP contribution in [0.25, 0.3) is 0 Å². The molecule has 0 unspecified atom stereocenters. The van der Waals surface area contributed by atoms with E-state index in [-0.39, 0.29) is 0 Å². The minimum Gasteiger partial charge on any atom is -0.334 e. The Kier molecular flexibility index (Phi) is 3.12. The summed E-state index contributed by atoms with van der Waals surface area (Å²) in [4.78, 5) is 18.0. The molecule has 0 spiro atoms. The SMILES string of the molecule is S=c1ncc2c([nH]1)CCN(Cc1cnccn1)C2. The summed E-state index contributed by atoms with van der Waals surface area (Å²) < 4.78 is 0.566. The molecule has 0 saturated carbocycles. The zero-order valence-electron chi connectivity index (χ0n) is 9.83. The van der Waals surface area contributed by atoms with Crippen LogP contribution in [0.15, 0.2) is 24.8 Å². The maximum Gasteiger partial charge on any atom is 0.196 e. The van der Waals surface area contributed by atoms with Crippen molar-refractivity contribution in [2.24, 2.45) is 0 Å². The predicted molar refractivity (Wildman–Crippen MR) is 69.3 cm³/mol. The molecular weight excluding hydrogens is 246 g/mol. The molecule has 2 aromatic rings. The zero-order valence-corrected chi connectivity index (χ0v) is 10.7. The van der Waals surface area contributed by atoms with E-state index in [1.54, 1.807) is 12.4 Å². The fourth-order valence-electron chi connectivity index (χ4n) is 2.18. The molecule has 92 valence electrons. The first kappa shape index (κ1) is 11.4. The Morgan fingerprint density at radius 1 is 1.28 bits per heavy atom. The molecule has 1 N–H and O–H groups in total. The van der Waals surface area contributed by atoms with Gasteiger partial charge in [0.15, 0.2) is 4.77 Å². The monoisotopic (exact) mass is 259 g/mol. The molecule has 0 radical (unpaired) electrons. The van der Waals surface area contributed by atoms with Gasteiger partial charge in [0.1, 0.15) is 0 Å². The maximum atomic E-state index is 5.03. The molecule has 6 heteroatoms. The molecule has 1 aliphatic rings. The Bertz CT molecular complexity index is 595. The average molecular weight is 259 g/mol. The molecule has 18 heavy (non-hydrogen) atoms. The Morgan fingerprint density at radius 2 is 2.22 bits per heavy atom. The number of rotatable bonds is 2. The van der Waals surface area contributed by atoms with Crippen LogP contribution in [0.4, 0.5) is 0 Å². The van der Waals surface area contributed by atoms with Gasteiger partial charge in [-0.1, -0.05) is 0 Å². The second kappa shape index (κ2) is 4.91. The fourth-order valence-corrected chi connectivity index (χ4v) is 2.36. The van der Waals surface area contributed by atoms with Gasteiger partial charge in [-0.05, 0) is 12.2 Å². The van der Waals surface area contributed by atoms with Gasteiger partial charge in [0.25, 0.3) is 0 Å². The summed E-state index contributed by atoms with van der Waals surface area (Å²) in [6.45, 7) is 2.70. The molecule has 0 amide bonds. The summed E-state index contributed by atoms with van der Waals surface area (Å²) in [5.74, 6) is 0. The third-order valence-corrected chi connectivity index (χ3v) is 3.26. The standard InChI is InChI=1S/C12H13N5S/c18-12-15-5-9-7-17(4-1-11(9)16-12)8-10-6-13-2-3-14-10/h2-3,5-6H,1,4,7-8H2,(H,15,16,18). The molecule has 0 saturated heterocycles. The summed E-state index contributed by atoms with van der Waals surface area (Å²) >= 11 is 5.03. The van der Waals surface area contributed by atoms with Crippen molar-refractivity contribution in [1.82, 2.24) is 24.8 Å². The summed E-state index contributed by atoms with van der Waals surface area (Å²) in [6, 6.07) is 0. The highest BCUT2D eigenvalue weighted by atomic mass is 32.1. The number of nitrogens with zero attached hydrogens (tertiary/aromatic N) is 4. The van der Waals surface area contributed by atoms with E-state index in [0.717, 1.165) is 31.7 Å². The highest BCUT2D eigenvalue weighted by Gasteiger charge is 2.17. The van der Waals surface area contributed by atoms with Gasteiger partial charge >= 0.3 is 0 Å². The van der Waals surface area contributed by atoms with Crippen LogP contribution in [0, 0.1) is 4.77 Å². The minimum atomic E-state index is 0.566. The molecule has 1 aliphatic heterocycles. The third-order valence-electron chi connectivity index (χ3n) is 3.06. The van der Waals surface area contributed by atoms with Crippen LogP contribution in [-0.4, -0.2) is 31.4 Å². The van der Waals surface area contributed by atoms with Crippen molar-refractivity contribution >= 4 is 12.2 Å². The first-order valence-electron chi connectivity index (χ1n) is 5.85. The van der Waals surface area contributed by atoms with Gasteiger partial charge in [-0.2, -0.15) is 0 Å². The van der Waals surface area contributed by atoms with E-state index in [4.69, 9.17) is 12.2 Å². The molecule has 2 aromatic heterocycles. The first-order chi connectivity index (χ1) is 8.81. The highest BCUT2D eigenvalue weighted by molar-refractivity contribution is 7.71. The molecule has 0 fully saturated rings. The van der Waals surface area contributed by atoms with Crippen molar-refractivity contribution in [2.45, 2.75) is 19.5 Å². The minimum absolute atomic E-state index is 0.566. The fraction of sp³-hybridized carbons (Fsp3) is 0.333. The van der Waals surface area contributed by atoms with Gasteiger partial charge in [-0.15, -0.1) is 0 Å². The van der Waals surface area contributed by atoms with Crippen LogP contribution in [0.5, 0.6) is 0 Å². The second-order valence-corrected chi connectivity index (χ2v) is 4.74. The van der Waals surface area contributed by atoms with Gasteiger partial charge in [0.05, 0.1) is 5.69 Å². The van der Waals surface area contributed by atoms with E-state index in [9.17, 15) is 0 Å². The van der Waals surface area contributed by atoms with Crippen molar-refractivity contribution in [3.8, 4) is 0 Å². The van der Waals surface area contributed by atoms with Crippen LogP contribution >= 0.6 is 12.2 Å². The van der Waals surface area contributed by atoms with E-state index in [2.05, 4.69) is 24.8 Å². The van der Waals surface area contributed by atoms with Crippen molar-refractivity contribution in [1.29, 1.82) is 0 Å². The lowest BCUT2D eigenvalue weighted by Crippen LogP contribution is -2.31. The second-order valence-electron chi connectivity index (χ2n) is 4.35. The third kappa shape index (κ3) is 2.44. The van der Waals surface area contributed by atoms with Crippen LogP contribution < -0.4 is 0 Å². The van der Waals surface area contributed by atoms with Crippen LogP contribution in [0.3, 0.4) is 0 Å². The van der Waals surface area contributed by atoms with Gasteiger partial charge < -0.3 is 4.98 Å². The zero-order chi connectivity index (χ0) is 12.4. The number of H-pyrrole nitrogens is 1. The van der Waals surface area contributed by atoms with Crippen molar-refractivity contribution in [3.63, 3.8) is 0 Å². The smallest absolute Gasteiger partial charge is 0.196 e. The molecular formula is C12H13N5S. The van der Waals surface area contributed by atoms with Gasteiger partial charge in [0, 0.05) is 62.1 Å². The molecule has 3 heterocycles. The number of nitrogens with one attached hydrogen (secondary N) is 1. The van der Waals surface area contributed by atoms with Crippen molar-refractivity contribution in [3.05, 3.63) is 46.5 Å². The van der Waals surface area contributed by atoms with E-state index in [1.807, 2.05) is 12.4 Å². The summed E-state index contributed by atoms with van der Waals surface area (Å²) in [6.07, 6.45) is 8.08. The summed E-state index contributed by atoms with van der Waals surface area (Å²) in [5, 5.41) is 0. The Balaban J connectivity index is 1.75. The Morgan fingerprint density at radius 3 is 3.06 bits per heavy atom. The number of hydrogen-bond donors (Lipinski definition) is 1. The summed E-state index contributed by atoms with van der Waals surface area (Å²) in [7, 11) is 0. The maximum absolute atomic E-state index is 5.03. The lowest BCUT2D eigenvalue weighted by molar-refractivity contribution is 0.239. The molecule has 3 rings (SSSR count). The number of hydrogen-bond acceptors (Lipinski definition) is 5. The lowest BCUT2D eigenvalue weighted by atomic mass is 10.1. The van der Waals surface area contributed by atoms with Crippen LogP contribution in [-0.2, 0) is 19.5 Å². The lowest BCUT2D eigenvalue weighted by Gasteiger charge is -2.27. The van der Waals surface area contributed by atoms with Crippen LogP contribution in [0.1, 0.15) is 17.0 Å². The molecule has 0 bridgehead atoms. The van der Waals surface area contributed by atoms with Crippen LogP contribution in [0.2, 0.25) is 0 Å². The molecule has 5 nitrogen and oxygen atoms in total. The average Bonchev–Trinajstić information content (AvgIpc) is 2.40. The van der Waals surface area contributed by atoms with E-state index >= 15 is 0 Å². The Labute approximate surface area is 110 Å². The molecule has 0 aromatic carbocycles. The molecule has 0 atom stereocenters. The van der Waals surface area contributed by atoms with Crippen molar-refractivity contribution in [2.75, 3.05) is 6.54 Å². The number of aromatic nitrogens is 4. The van der Waals surface area contributed by atoms with Gasteiger partial charge in [0.2, 0.25) is 0 Å². The number of aromatic amines is 1. The molecule has 0 aliphatic carbocycles. The Hall–Kier alpha value is -1.66. The highest BCUT2D eigenvalue weighted by Crippen LogP contribution is 2.17. The van der Waals surface area contributed by atoms with E-state index in [1.165, 1.54) is 11.3 Å². The topological polar surface area (TPSA) is 57.7 Å². The first-order valence-corrected chi connectivity index (χ1v) is 6.26. The quantitative estimate of drug-likeness (QED) is 0.828.